The smallest absolute Gasteiger partial charge is 0.252 e. The molecular formula is C18H34IN5O2S2. The first-order valence-corrected chi connectivity index (χ1v) is 11.9. The van der Waals surface area contributed by atoms with Crippen LogP contribution in [0, 0.1) is 0 Å². The second kappa shape index (κ2) is 13.0. The summed E-state index contributed by atoms with van der Waals surface area (Å²) in [7, 11) is 1.48. The summed E-state index contributed by atoms with van der Waals surface area (Å²) >= 11 is 1.29. The van der Waals surface area contributed by atoms with Gasteiger partial charge in [0.15, 0.2) is 5.96 Å². The van der Waals surface area contributed by atoms with Gasteiger partial charge in [-0.15, -0.1) is 35.3 Å². The Morgan fingerprint density at radius 1 is 1.18 bits per heavy atom. The van der Waals surface area contributed by atoms with Crippen molar-refractivity contribution in [2.75, 3.05) is 47.3 Å². The fourth-order valence-electron chi connectivity index (χ4n) is 3.03. The van der Waals surface area contributed by atoms with Crippen LogP contribution in [0.5, 0.6) is 0 Å². The lowest BCUT2D eigenvalue weighted by Gasteiger charge is -2.20. The zero-order valence-electron chi connectivity index (χ0n) is 17.1. The van der Waals surface area contributed by atoms with Crippen LogP contribution in [-0.4, -0.2) is 70.9 Å². The third-order valence-electron chi connectivity index (χ3n) is 4.67. The lowest BCUT2D eigenvalue weighted by Crippen LogP contribution is -2.38. The van der Waals surface area contributed by atoms with Crippen molar-refractivity contribution < 1.29 is 8.42 Å². The van der Waals surface area contributed by atoms with E-state index in [1.165, 1.54) is 54.4 Å². The van der Waals surface area contributed by atoms with Crippen LogP contribution < -0.4 is 10.6 Å². The first-order valence-electron chi connectivity index (χ1n) is 9.61. The molecule has 10 heteroatoms. The molecule has 0 aliphatic carbocycles. The quantitative estimate of drug-likeness (QED) is 0.228. The zero-order chi connectivity index (χ0) is 19.7. The van der Waals surface area contributed by atoms with E-state index in [0.717, 1.165) is 30.3 Å². The van der Waals surface area contributed by atoms with Crippen LogP contribution in [0.2, 0.25) is 0 Å². The van der Waals surface area contributed by atoms with Gasteiger partial charge in [-0.05, 0) is 51.0 Å². The topological polar surface area (TPSA) is 77.0 Å². The van der Waals surface area contributed by atoms with E-state index < -0.39 is 10.0 Å². The van der Waals surface area contributed by atoms with Gasteiger partial charge in [-0.2, -0.15) is 0 Å². The highest BCUT2D eigenvalue weighted by atomic mass is 127. The summed E-state index contributed by atoms with van der Waals surface area (Å²) in [5, 5.41) is 6.60. The summed E-state index contributed by atoms with van der Waals surface area (Å²) in [6.07, 6.45) is 6.47. The molecule has 0 bridgehead atoms. The number of rotatable bonds is 8. The number of thiophene rings is 1. The van der Waals surface area contributed by atoms with Crippen LogP contribution >= 0.6 is 35.3 Å². The molecule has 1 aromatic heterocycles. The number of halogens is 1. The van der Waals surface area contributed by atoms with Gasteiger partial charge >= 0.3 is 0 Å². The van der Waals surface area contributed by atoms with Gasteiger partial charge < -0.3 is 15.5 Å². The van der Waals surface area contributed by atoms with Crippen molar-refractivity contribution in [3.63, 3.8) is 0 Å². The second-order valence-electron chi connectivity index (χ2n) is 6.97. The molecule has 0 unspecified atom stereocenters. The minimum atomic E-state index is -3.36. The minimum Gasteiger partial charge on any atom is -0.356 e. The largest absolute Gasteiger partial charge is 0.356 e. The summed E-state index contributed by atoms with van der Waals surface area (Å²) in [4.78, 5) is 7.77. The van der Waals surface area contributed by atoms with Crippen molar-refractivity contribution in [2.24, 2.45) is 4.99 Å². The first kappa shape index (κ1) is 25.6. The highest BCUT2D eigenvalue weighted by Crippen LogP contribution is 2.23. The third-order valence-corrected chi connectivity index (χ3v) is 8.04. The monoisotopic (exact) mass is 543 g/mol. The maximum absolute atomic E-state index is 12.1. The molecule has 1 saturated heterocycles. The Morgan fingerprint density at radius 2 is 1.86 bits per heavy atom. The van der Waals surface area contributed by atoms with Crippen molar-refractivity contribution in [1.29, 1.82) is 0 Å². The molecule has 162 valence electrons. The zero-order valence-corrected chi connectivity index (χ0v) is 21.1. The normalized spacial score (nSPS) is 16.5. The molecule has 0 atom stereocenters. The SMILES string of the molecule is CN=C(NCCCN1CCCCCC1)NCc1ccc(S(=O)(=O)N(C)C)s1.I. The molecular weight excluding hydrogens is 509 g/mol. The van der Waals surface area contributed by atoms with Gasteiger partial charge in [0.25, 0.3) is 10.0 Å². The van der Waals surface area contributed by atoms with Crippen LogP contribution in [0.4, 0.5) is 0 Å². The fraction of sp³-hybridized carbons (Fsp3) is 0.722. The standard InChI is InChI=1S/C18H33N5O2S2.HI/c1-19-18(20-11-8-14-23-12-6-4-5-7-13-23)21-15-16-9-10-17(26-16)27(24,25)22(2)3;/h9-10H,4-8,11-15H2,1-3H3,(H2,19,20,21);1H. The molecule has 0 aromatic carbocycles. The number of nitrogens with one attached hydrogen (secondary N) is 2. The van der Waals surface area contributed by atoms with Crippen LogP contribution in [0.15, 0.2) is 21.3 Å². The predicted octanol–water partition coefficient (Wildman–Crippen LogP) is 2.55. The number of sulfonamides is 1. The third kappa shape index (κ3) is 8.13. The number of hydrogen-bond acceptors (Lipinski definition) is 5. The predicted molar refractivity (Wildman–Crippen MR) is 128 cm³/mol. The minimum absolute atomic E-state index is 0. The van der Waals surface area contributed by atoms with Crippen molar-refractivity contribution in [3.8, 4) is 0 Å². The molecule has 0 radical (unpaired) electrons. The van der Waals surface area contributed by atoms with Crippen molar-refractivity contribution in [1.82, 2.24) is 19.8 Å². The van der Waals surface area contributed by atoms with E-state index in [-0.39, 0.29) is 24.0 Å². The van der Waals surface area contributed by atoms with Gasteiger partial charge in [0.2, 0.25) is 0 Å². The fourth-order valence-corrected chi connectivity index (χ4v) is 5.50. The maximum atomic E-state index is 12.1. The summed E-state index contributed by atoms with van der Waals surface area (Å²) < 4.78 is 25.9. The Bertz CT molecular complexity index is 699. The number of hydrogen-bond donors (Lipinski definition) is 2. The van der Waals surface area contributed by atoms with E-state index in [1.54, 1.807) is 27.2 Å². The summed E-state index contributed by atoms with van der Waals surface area (Å²) in [6.45, 7) is 5.01. The molecule has 2 rings (SSSR count). The Balaban J connectivity index is 0.00000392. The summed E-state index contributed by atoms with van der Waals surface area (Å²) in [5.41, 5.74) is 0. The van der Waals surface area contributed by atoms with E-state index in [4.69, 9.17) is 0 Å². The Morgan fingerprint density at radius 3 is 2.46 bits per heavy atom. The molecule has 0 spiro atoms. The molecule has 0 saturated carbocycles. The molecule has 2 heterocycles. The van der Waals surface area contributed by atoms with E-state index in [1.807, 2.05) is 6.07 Å². The van der Waals surface area contributed by atoms with Gasteiger partial charge in [0, 0.05) is 32.6 Å². The average Bonchev–Trinajstić information content (AvgIpc) is 2.98. The molecule has 1 fully saturated rings. The van der Waals surface area contributed by atoms with Gasteiger partial charge in [0.1, 0.15) is 4.21 Å². The maximum Gasteiger partial charge on any atom is 0.252 e. The lowest BCUT2D eigenvalue weighted by molar-refractivity contribution is 0.282. The van der Waals surface area contributed by atoms with Crippen molar-refractivity contribution >= 4 is 51.3 Å². The molecule has 1 aromatic rings. The van der Waals surface area contributed by atoms with E-state index in [9.17, 15) is 8.42 Å². The van der Waals surface area contributed by atoms with Crippen molar-refractivity contribution in [3.05, 3.63) is 17.0 Å². The van der Waals surface area contributed by atoms with Crippen LogP contribution in [0.1, 0.15) is 37.0 Å². The highest BCUT2D eigenvalue weighted by Gasteiger charge is 2.19. The highest BCUT2D eigenvalue weighted by molar-refractivity contribution is 14.0. The molecule has 1 aliphatic rings. The Labute approximate surface area is 191 Å². The van der Waals surface area contributed by atoms with Gasteiger partial charge in [-0.3, -0.25) is 4.99 Å². The first-order chi connectivity index (χ1) is 12.9. The van der Waals surface area contributed by atoms with Crippen LogP contribution in [-0.2, 0) is 16.6 Å². The molecule has 2 N–H and O–H groups in total. The van der Waals surface area contributed by atoms with Gasteiger partial charge in [0.05, 0.1) is 6.54 Å². The average molecular weight is 544 g/mol. The van der Waals surface area contributed by atoms with E-state index in [0.29, 0.717) is 10.8 Å². The summed E-state index contributed by atoms with van der Waals surface area (Å²) in [5.74, 6) is 0.747. The second-order valence-corrected chi connectivity index (χ2v) is 10.5. The number of guanidine groups is 1. The number of likely N-dealkylation sites (tertiary alicyclic amines) is 1. The molecule has 28 heavy (non-hydrogen) atoms. The molecule has 0 amide bonds. The van der Waals surface area contributed by atoms with E-state index in [2.05, 4.69) is 20.5 Å². The van der Waals surface area contributed by atoms with Gasteiger partial charge in [-0.25, -0.2) is 12.7 Å². The summed E-state index contributed by atoms with van der Waals surface area (Å²) in [6, 6.07) is 3.51. The van der Waals surface area contributed by atoms with Gasteiger partial charge in [-0.1, -0.05) is 12.8 Å². The Hall–Kier alpha value is -0.430. The number of aliphatic imine (C=N–C) groups is 1. The lowest BCUT2D eigenvalue weighted by atomic mass is 10.2. The molecule has 7 nitrogen and oxygen atoms in total. The van der Waals surface area contributed by atoms with Crippen LogP contribution in [0.25, 0.3) is 0 Å². The van der Waals surface area contributed by atoms with Crippen LogP contribution in [0.3, 0.4) is 0 Å². The Kier molecular flexibility index (Phi) is 11.9. The van der Waals surface area contributed by atoms with Crippen molar-refractivity contribution in [2.45, 2.75) is 42.9 Å². The van der Waals surface area contributed by atoms with E-state index >= 15 is 0 Å². The molecule has 1 aliphatic heterocycles. The number of nitrogens with zero attached hydrogens (tertiary/aromatic N) is 3.